The van der Waals surface area contributed by atoms with Gasteiger partial charge in [0.05, 0.1) is 19.8 Å². The molecule has 0 aliphatic heterocycles. The van der Waals surface area contributed by atoms with Crippen molar-refractivity contribution >= 4 is 11.0 Å². The van der Waals surface area contributed by atoms with Crippen LogP contribution in [0.5, 0.6) is 11.5 Å². The maximum Gasteiger partial charge on any atom is 0.176 e. The van der Waals surface area contributed by atoms with Gasteiger partial charge in [-0.15, -0.1) is 0 Å². The Morgan fingerprint density at radius 2 is 1.78 bits per heavy atom. The lowest BCUT2D eigenvalue weighted by Crippen LogP contribution is -2.02. The first-order chi connectivity index (χ1) is 11.1. The van der Waals surface area contributed by atoms with E-state index in [4.69, 9.17) is 13.9 Å². The van der Waals surface area contributed by atoms with Gasteiger partial charge in [0.1, 0.15) is 17.1 Å². The minimum atomic E-state index is -0.434. The SMILES string of the molecule is COc1cc(-c2cc3ccccc3o2)c(F)c(OC)c1C(C)C. The van der Waals surface area contributed by atoms with E-state index >= 15 is 0 Å². The zero-order chi connectivity index (χ0) is 16.6. The van der Waals surface area contributed by atoms with Crippen molar-refractivity contribution in [3.05, 3.63) is 47.8 Å². The van der Waals surface area contributed by atoms with Crippen LogP contribution < -0.4 is 9.47 Å². The average Bonchev–Trinajstić information content (AvgIpc) is 2.97. The first-order valence-corrected chi connectivity index (χ1v) is 7.50. The molecule has 3 nitrogen and oxygen atoms in total. The molecule has 0 radical (unpaired) electrons. The molecule has 0 N–H and O–H groups in total. The highest BCUT2D eigenvalue weighted by Crippen LogP contribution is 2.43. The molecule has 2 aromatic carbocycles. The number of hydrogen-bond donors (Lipinski definition) is 0. The monoisotopic (exact) mass is 314 g/mol. The van der Waals surface area contributed by atoms with Gasteiger partial charge in [0.25, 0.3) is 0 Å². The molecule has 120 valence electrons. The maximum atomic E-state index is 15.0. The minimum Gasteiger partial charge on any atom is -0.496 e. The van der Waals surface area contributed by atoms with E-state index in [9.17, 15) is 4.39 Å². The molecular weight excluding hydrogens is 295 g/mol. The topological polar surface area (TPSA) is 31.6 Å². The smallest absolute Gasteiger partial charge is 0.176 e. The molecule has 0 atom stereocenters. The van der Waals surface area contributed by atoms with Gasteiger partial charge in [-0.3, -0.25) is 0 Å². The standard InChI is InChI=1S/C19H19FO3/c1-11(2)17-16(21-3)10-13(18(20)19(17)22-4)15-9-12-7-5-6-8-14(12)23-15/h5-11H,1-4H3. The number of fused-ring (bicyclic) bond motifs is 1. The quantitative estimate of drug-likeness (QED) is 0.648. The fourth-order valence-corrected chi connectivity index (χ4v) is 2.83. The van der Waals surface area contributed by atoms with E-state index in [-0.39, 0.29) is 11.7 Å². The minimum absolute atomic E-state index is 0.0686. The van der Waals surface area contributed by atoms with E-state index < -0.39 is 5.82 Å². The second-order valence-corrected chi connectivity index (χ2v) is 5.69. The summed E-state index contributed by atoms with van der Waals surface area (Å²) in [5.41, 5.74) is 1.76. The number of halogens is 1. The second kappa shape index (κ2) is 5.95. The molecule has 1 aromatic heterocycles. The van der Waals surface area contributed by atoms with Gasteiger partial charge in [-0.2, -0.15) is 0 Å². The molecule has 1 heterocycles. The lowest BCUT2D eigenvalue weighted by molar-refractivity contribution is 0.363. The average molecular weight is 314 g/mol. The molecule has 0 aliphatic rings. The number of para-hydroxylation sites is 1. The van der Waals surface area contributed by atoms with Gasteiger partial charge in [-0.05, 0) is 24.1 Å². The lowest BCUT2D eigenvalue weighted by atomic mass is 9.97. The zero-order valence-electron chi connectivity index (χ0n) is 13.6. The normalized spacial score (nSPS) is 11.2. The molecule has 0 saturated heterocycles. The molecular formula is C19H19FO3. The van der Waals surface area contributed by atoms with Crippen molar-refractivity contribution in [2.75, 3.05) is 14.2 Å². The lowest BCUT2D eigenvalue weighted by Gasteiger charge is -2.18. The van der Waals surface area contributed by atoms with Crippen LogP contribution >= 0.6 is 0 Å². The van der Waals surface area contributed by atoms with Gasteiger partial charge in [-0.1, -0.05) is 32.0 Å². The van der Waals surface area contributed by atoms with Gasteiger partial charge in [0.2, 0.25) is 0 Å². The Hall–Kier alpha value is -2.49. The van der Waals surface area contributed by atoms with Crippen molar-refractivity contribution in [2.24, 2.45) is 0 Å². The molecule has 0 saturated carbocycles. The number of ether oxygens (including phenoxy) is 2. The van der Waals surface area contributed by atoms with Crippen molar-refractivity contribution < 1.29 is 18.3 Å². The van der Waals surface area contributed by atoms with Crippen molar-refractivity contribution in [1.29, 1.82) is 0 Å². The zero-order valence-corrected chi connectivity index (χ0v) is 13.6. The summed E-state index contributed by atoms with van der Waals surface area (Å²) in [6, 6.07) is 11.1. The number of rotatable bonds is 4. The summed E-state index contributed by atoms with van der Waals surface area (Å²) in [5, 5.41) is 0.924. The Bertz CT molecular complexity index is 816. The fraction of sp³-hybridized carbons (Fsp3) is 0.263. The Balaban J connectivity index is 2.27. The van der Waals surface area contributed by atoms with Crippen LogP contribution in [0.1, 0.15) is 25.3 Å². The van der Waals surface area contributed by atoms with E-state index in [2.05, 4.69) is 0 Å². The highest BCUT2D eigenvalue weighted by Gasteiger charge is 2.24. The van der Waals surface area contributed by atoms with Crippen LogP contribution in [0.2, 0.25) is 0 Å². The second-order valence-electron chi connectivity index (χ2n) is 5.69. The summed E-state index contributed by atoms with van der Waals surface area (Å²) in [5.74, 6) is 0.884. The van der Waals surface area contributed by atoms with Crippen molar-refractivity contribution in [3.8, 4) is 22.8 Å². The molecule has 0 aliphatic carbocycles. The third-order valence-electron chi connectivity index (χ3n) is 3.91. The summed E-state index contributed by atoms with van der Waals surface area (Å²) in [6.45, 7) is 3.95. The van der Waals surface area contributed by atoms with E-state index in [0.29, 0.717) is 28.2 Å². The predicted molar refractivity (Wildman–Crippen MR) is 88.8 cm³/mol. The molecule has 3 rings (SSSR count). The Morgan fingerprint density at radius 3 is 2.39 bits per heavy atom. The Labute approximate surface area is 134 Å². The first kappa shape index (κ1) is 15.4. The summed E-state index contributed by atoms with van der Waals surface area (Å²) in [7, 11) is 3.03. The van der Waals surface area contributed by atoms with Gasteiger partial charge >= 0.3 is 0 Å². The highest BCUT2D eigenvalue weighted by atomic mass is 19.1. The van der Waals surface area contributed by atoms with Crippen molar-refractivity contribution in [3.63, 3.8) is 0 Å². The summed E-state index contributed by atoms with van der Waals surface area (Å²) in [4.78, 5) is 0. The van der Waals surface area contributed by atoms with Gasteiger partial charge in [0.15, 0.2) is 11.6 Å². The molecule has 3 aromatic rings. The van der Waals surface area contributed by atoms with Crippen LogP contribution in [0.3, 0.4) is 0 Å². The summed E-state index contributed by atoms with van der Waals surface area (Å²) in [6.07, 6.45) is 0. The van der Waals surface area contributed by atoms with E-state index in [1.807, 2.05) is 44.2 Å². The van der Waals surface area contributed by atoms with Crippen LogP contribution in [0, 0.1) is 5.82 Å². The van der Waals surface area contributed by atoms with Crippen LogP contribution in [0.25, 0.3) is 22.3 Å². The predicted octanol–water partition coefficient (Wildman–Crippen LogP) is 5.38. The summed E-state index contributed by atoms with van der Waals surface area (Å²) < 4.78 is 31.5. The fourth-order valence-electron chi connectivity index (χ4n) is 2.83. The number of hydrogen-bond acceptors (Lipinski definition) is 3. The molecule has 0 unspecified atom stereocenters. The van der Waals surface area contributed by atoms with Crippen LogP contribution in [-0.2, 0) is 0 Å². The van der Waals surface area contributed by atoms with Crippen LogP contribution in [-0.4, -0.2) is 14.2 Å². The molecule has 0 amide bonds. The van der Waals surface area contributed by atoms with Crippen LogP contribution in [0.4, 0.5) is 4.39 Å². The van der Waals surface area contributed by atoms with E-state index in [1.54, 1.807) is 13.2 Å². The molecule has 4 heteroatoms. The van der Waals surface area contributed by atoms with E-state index in [0.717, 1.165) is 5.39 Å². The molecule has 0 bridgehead atoms. The molecule has 23 heavy (non-hydrogen) atoms. The Morgan fingerprint density at radius 1 is 1.04 bits per heavy atom. The number of methoxy groups -OCH3 is 2. The van der Waals surface area contributed by atoms with Crippen molar-refractivity contribution in [1.82, 2.24) is 0 Å². The number of benzene rings is 2. The number of furan rings is 1. The third-order valence-corrected chi connectivity index (χ3v) is 3.91. The van der Waals surface area contributed by atoms with E-state index in [1.165, 1.54) is 7.11 Å². The van der Waals surface area contributed by atoms with Crippen molar-refractivity contribution in [2.45, 2.75) is 19.8 Å². The van der Waals surface area contributed by atoms with Gasteiger partial charge in [-0.25, -0.2) is 4.39 Å². The van der Waals surface area contributed by atoms with Gasteiger partial charge in [0, 0.05) is 10.9 Å². The van der Waals surface area contributed by atoms with Gasteiger partial charge < -0.3 is 13.9 Å². The maximum absolute atomic E-state index is 15.0. The highest BCUT2D eigenvalue weighted by molar-refractivity contribution is 5.83. The summed E-state index contributed by atoms with van der Waals surface area (Å²) >= 11 is 0. The first-order valence-electron chi connectivity index (χ1n) is 7.50. The largest absolute Gasteiger partial charge is 0.496 e. The Kier molecular flexibility index (Phi) is 3.99. The molecule has 0 spiro atoms. The molecule has 0 fully saturated rings. The van der Waals surface area contributed by atoms with Crippen LogP contribution in [0.15, 0.2) is 40.8 Å². The third kappa shape index (κ3) is 2.54.